The molecule has 3 atom stereocenters. The molecule has 2 N–H and O–H groups in total. The molecule has 1 saturated heterocycles. The molecule has 1 fully saturated rings. The van der Waals surface area contributed by atoms with E-state index in [-0.39, 0.29) is 36.8 Å². The number of carbonyl (C=O) groups excluding carboxylic acids is 1. The number of aromatic nitrogens is 1. The van der Waals surface area contributed by atoms with Crippen molar-refractivity contribution in [2.24, 2.45) is 10.9 Å². The molecule has 4 rings (SSSR count). The first-order chi connectivity index (χ1) is 17.3. The highest BCUT2D eigenvalue weighted by molar-refractivity contribution is 7.11. The van der Waals surface area contributed by atoms with Crippen LogP contribution in [-0.4, -0.2) is 65.2 Å². The molecule has 0 radical (unpaired) electrons. The van der Waals surface area contributed by atoms with Crippen molar-refractivity contribution in [2.45, 2.75) is 19.1 Å². The van der Waals surface area contributed by atoms with Crippen molar-refractivity contribution in [2.75, 3.05) is 26.2 Å². The summed E-state index contributed by atoms with van der Waals surface area (Å²) in [5.41, 5.74) is 1.00. The fourth-order valence-corrected chi connectivity index (χ4v) is 5.03. The van der Waals surface area contributed by atoms with E-state index in [4.69, 9.17) is 26.4 Å². The predicted molar refractivity (Wildman–Crippen MR) is 131 cm³/mol. The van der Waals surface area contributed by atoms with E-state index in [1.807, 2.05) is 0 Å². The fraction of sp³-hybridized carbons (Fsp3) is 0.333. The van der Waals surface area contributed by atoms with Crippen LogP contribution in [0.2, 0.25) is 5.02 Å². The molecule has 0 saturated carbocycles. The third kappa shape index (κ3) is 5.80. The van der Waals surface area contributed by atoms with Gasteiger partial charge in [0.1, 0.15) is 18.0 Å². The molecule has 1 aromatic heterocycles. The van der Waals surface area contributed by atoms with Gasteiger partial charge in [0.15, 0.2) is 10.8 Å². The molecule has 2 aliphatic rings. The lowest BCUT2D eigenvalue weighted by Gasteiger charge is -2.29. The Hall–Kier alpha value is -3.15. The molecule has 0 aliphatic carbocycles. The Labute approximate surface area is 215 Å². The van der Waals surface area contributed by atoms with Gasteiger partial charge in [0, 0.05) is 59.5 Å². The van der Waals surface area contributed by atoms with E-state index < -0.39 is 35.9 Å². The molecule has 3 heterocycles. The highest BCUT2D eigenvalue weighted by Crippen LogP contribution is 2.37. The lowest BCUT2D eigenvalue weighted by molar-refractivity contribution is -0.139. The van der Waals surface area contributed by atoms with E-state index in [0.717, 1.165) is 12.1 Å². The first-order valence-electron chi connectivity index (χ1n) is 11.1. The summed E-state index contributed by atoms with van der Waals surface area (Å²) >= 11 is 7.70. The Morgan fingerprint density at radius 1 is 1.39 bits per heavy atom. The minimum atomic E-state index is -1.27. The summed E-state index contributed by atoms with van der Waals surface area (Å²) in [5.74, 6) is -2.53. The molecule has 2 aliphatic heterocycles. The normalized spacial score (nSPS) is 22.6. The van der Waals surface area contributed by atoms with Gasteiger partial charge in [0.2, 0.25) is 0 Å². The van der Waals surface area contributed by atoms with Gasteiger partial charge in [-0.3, -0.25) is 9.89 Å². The van der Waals surface area contributed by atoms with Crippen LogP contribution in [0.15, 0.2) is 58.2 Å². The number of esters is 1. The van der Waals surface area contributed by atoms with Crippen LogP contribution in [0.4, 0.5) is 8.78 Å². The molecule has 1 aromatic carbocycles. The van der Waals surface area contributed by atoms with Gasteiger partial charge in [-0.2, -0.15) is 0 Å². The van der Waals surface area contributed by atoms with Crippen molar-refractivity contribution in [1.82, 2.24) is 15.2 Å². The van der Waals surface area contributed by atoms with Gasteiger partial charge in [-0.1, -0.05) is 23.7 Å². The highest BCUT2D eigenvalue weighted by atomic mass is 35.5. The summed E-state index contributed by atoms with van der Waals surface area (Å²) in [7, 11) is 0. The summed E-state index contributed by atoms with van der Waals surface area (Å²) in [6.07, 6.45) is 2.61. The third-order valence-electron chi connectivity index (χ3n) is 5.75. The quantitative estimate of drug-likeness (QED) is 0.391. The van der Waals surface area contributed by atoms with Crippen molar-refractivity contribution < 1.29 is 28.2 Å². The zero-order valence-electron chi connectivity index (χ0n) is 19.2. The number of hydrogen-bond acceptors (Lipinski definition) is 8. The molecule has 2 unspecified atom stereocenters. The predicted octanol–water partition coefficient (Wildman–Crippen LogP) is 3.75. The van der Waals surface area contributed by atoms with Gasteiger partial charge >= 0.3 is 11.9 Å². The maximum atomic E-state index is 14.7. The minimum absolute atomic E-state index is 0.0433. The Kier molecular flexibility index (Phi) is 8.12. The second kappa shape index (κ2) is 11.3. The second-order valence-electron chi connectivity index (χ2n) is 8.19. The second-order valence-corrected chi connectivity index (χ2v) is 9.49. The van der Waals surface area contributed by atoms with Crippen molar-refractivity contribution in [3.05, 3.63) is 74.6 Å². The van der Waals surface area contributed by atoms with Crippen LogP contribution < -0.4 is 5.32 Å². The van der Waals surface area contributed by atoms with Gasteiger partial charge in [-0.25, -0.2) is 23.4 Å². The molecular weight excluding hydrogens is 514 g/mol. The lowest BCUT2D eigenvalue weighted by Crippen LogP contribution is -2.39. The number of amidine groups is 1. The fourth-order valence-electron chi connectivity index (χ4n) is 4.18. The Morgan fingerprint density at radius 2 is 2.19 bits per heavy atom. The van der Waals surface area contributed by atoms with Crippen LogP contribution in [0.1, 0.15) is 23.5 Å². The largest absolute Gasteiger partial charge is 0.478 e. The Balaban J connectivity index is 1.75. The molecule has 190 valence electrons. The number of likely N-dealkylation sites (tertiary alicyclic amines) is 1. The standard InChI is InChI=1S/C24H23ClF2N4O4S/c1-2-35-24(34)20-18(12-31-10-13(17(27)11-31)3-6-19(32)33)29-22(23-28-7-8-36-23)30-21(20)15-5-4-14(26)9-16(15)25/h3-9,13,17,21H,2,10-12H2,1H3,(H,29,30)(H,32,33)/b6-3+/t13?,17?,21-/m0/s1. The molecule has 2 aromatic rings. The van der Waals surface area contributed by atoms with Crippen molar-refractivity contribution in [3.8, 4) is 0 Å². The summed E-state index contributed by atoms with van der Waals surface area (Å²) in [4.78, 5) is 34.8. The van der Waals surface area contributed by atoms with Crippen molar-refractivity contribution in [3.63, 3.8) is 0 Å². The van der Waals surface area contributed by atoms with Gasteiger partial charge in [0.25, 0.3) is 0 Å². The van der Waals surface area contributed by atoms with Crippen LogP contribution in [-0.2, 0) is 14.3 Å². The number of nitrogens with one attached hydrogen (secondary N) is 1. The first-order valence-corrected chi connectivity index (χ1v) is 12.4. The number of hydrogen-bond donors (Lipinski definition) is 2. The molecule has 0 amide bonds. The average molecular weight is 537 g/mol. The number of nitrogens with zero attached hydrogens (tertiary/aromatic N) is 3. The number of aliphatic imine (C=N–C) groups is 1. The van der Waals surface area contributed by atoms with Crippen molar-refractivity contribution in [1.29, 1.82) is 0 Å². The summed E-state index contributed by atoms with van der Waals surface area (Å²) < 4.78 is 33.8. The maximum absolute atomic E-state index is 14.7. The summed E-state index contributed by atoms with van der Waals surface area (Å²) in [6.45, 7) is 2.21. The van der Waals surface area contributed by atoms with E-state index in [1.54, 1.807) is 23.4 Å². The van der Waals surface area contributed by atoms with Gasteiger partial charge in [0.05, 0.1) is 12.2 Å². The number of carboxylic acids is 1. The molecule has 8 nitrogen and oxygen atoms in total. The molecule has 36 heavy (non-hydrogen) atoms. The van der Waals surface area contributed by atoms with E-state index in [1.165, 1.54) is 29.5 Å². The smallest absolute Gasteiger partial charge is 0.338 e. The number of rotatable bonds is 8. The molecular formula is C24H23ClF2N4O4S. The van der Waals surface area contributed by atoms with Crippen LogP contribution >= 0.6 is 22.9 Å². The van der Waals surface area contributed by atoms with Gasteiger partial charge < -0.3 is 15.2 Å². The van der Waals surface area contributed by atoms with Crippen LogP contribution in [0.3, 0.4) is 0 Å². The molecule has 12 heteroatoms. The van der Waals surface area contributed by atoms with E-state index in [2.05, 4.69) is 10.3 Å². The number of benzene rings is 1. The average Bonchev–Trinajstić information content (AvgIpc) is 3.47. The number of alkyl halides is 1. The van der Waals surface area contributed by atoms with Gasteiger partial charge in [-0.05, 0) is 19.1 Å². The number of ether oxygens (including phenoxy) is 1. The lowest BCUT2D eigenvalue weighted by atomic mass is 9.95. The SMILES string of the molecule is CCOC(=O)C1=C(CN2CC(F)C(/C=C/C(=O)O)C2)NC(c2nccs2)=N[C@H]1c1ccc(F)cc1Cl. The summed E-state index contributed by atoms with van der Waals surface area (Å²) in [6, 6.07) is 2.93. The number of carbonyl (C=O) groups is 2. The van der Waals surface area contributed by atoms with E-state index in [9.17, 15) is 18.4 Å². The van der Waals surface area contributed by atoms with Crippen LogP contribution in [0.5, 0.6) is 0 Å². The van der Waals surface area contributed by atoms with Crippen molar-refractivity contribution >= 4 is 40.7 Å². The number of thiazole rings is 1. The Morgan fingerprint density at radius 3 is 2.86 bits per heavy atom. The van der Waals surface area contributed by atoms with Crippen LogP contribution in [0.25, 0.3) is 0 Å². The minimum Gasteiger partial charge on any atom is -0.478 e. The summed E-state index contributed by atoms with van der Waals surface area (Å²) in [5, 5.41) is 14.5. The zero-order valence-corrected chi connectivity index (χ0v) is 20.7. The number of aliphatic carboxylic acids is 1. The third-order valence-corrected chi connectivity index (χ3v) is 6.85. The maximum Gasteiger partial charge on any atom is 0.338 e. The first kappa shape index (κ1) is 25.9. The topological polar surface area (TPSA) is 104 Å². The van der Waals surface area contributed by atoms with Crippen LogP contribution in [0, 0.1) is 11.7 Å². The number of carboxylic acid groups (broad SMARTS) is 1. The zero-order chi connectivity index (χ0) is 25.8. The van der Waals surface area contributed by atoms with E-state index >= 15 is 0 Å². The molecule has 0 bridgehead atoms. The van der Waals surface area contributed by atoms with E-state index in [0.29, 0.717) is 22.1 Å². The monoisotopic (exact) mass is 536 g/mol. The highest BCUT2D eigenvalue weighted by Gasteiger charge is 2.37. The molecule has 0 spiro atoms. The van der Waals surface area contributed by atoms with Gasteiger partial charge in [-0.15, -0.1) is 11.3 Å². The number of halogens is 3. The Bertz CT molecular complexity index is 1230.